The highest BCUT2D eigenvalue weighted by atomic mass is 16.3. The Morgan fingerprint density at radius 2 is 1.13 bits per heavy atom. The molecule has 4 heteroatoms. The minimum absolute atomic E-state index is 0.225. The van der Waals surface area contributed by atoms with Gasteiger partial charge >= 0.3 is 0 Å². The summed E-state index contributed by atoms with van der Waals surface area (Å²) in [5, 5.41) is 35.6. The van der Waals surface area contributed by atoms with Crippen molar-refractivity contribution in [1.29, 1.82) is 10.5 Å². The summed E-state index contributed by atoms with van der Waals surface area (Å²) in [5.41, 5.74) is 6.99. The molecule has 0 amide bonds. The molecule has 0 atom stereocenters. The van der Waals surface area contributed by atoms with Crippen molar-refractivity contribution in [2.45, 2.75) is 6.92 Å². The molecule has 0 heterocycles. The number of nitriles is 2. The number of phenols is 1. The summed E-state index contributed by atoms with van der Waals surface area (Å²) < 4.78 is 0. The average molecular weight is 578 g/mol. The molecule has 0 fully saturated rings. The highest BCUT2D eigenvalue weighted by molar-refractivity contribution is 6.13. The molecular formula is C41H27N3O. The molecule has 7 rings (SSSR count). The lowest BCUT2D eigenvalue weighted by Gasteiger charge is -2.27. The van der Waals surface area contributed by atoms with Crippen molar-refractivity contribution in [3.63, 3.8) is 0 Å². The number of anilines is 3. The molecule has 45 heavy (non-hydrogen) atoms. The van der Waals surface area contributed by atoms with Crippen molar-refractivity contribution in [2.24, 2.45) is 0 Å². The maximum atomic E-state index is 9.96. The van der Waals surface area contributed by atoms with Crippen LogP contribution in [0.3, 0.4) is 0 Å². The van der Waals surface area contributed by atoms with Crippen molar-refractivity contribution in [1.82, 2.24) is 0 Å². The first kappa shape index (κ1) is 27.5. The Morgan fingerprint density at radius 3 is 1.84 bits per heavy atom. The second kappa shape index (κ2) is 11.4. The standard InChI is InChI=1S/C41H27N3O/c1-27-9-21-35-37(23-27)38-24-29(14-22-36(38)40(26-43)39(35)25-42)11-10-28-12-15-31(16-13-28)44(32-17-19-33(45)20-18-32)41-8-4-6-30-5-2-3-7-34(30)41/h2-24,45H,1H3/b11-10+. The summed E-state index contributed by atoms with van der Waals surface area (Å²) in [6.45, 7) is 2.03. The van der Waals surface area contributed by atoms with Gasteiger partial charge in [-0.15, -0.1) is 0 Å². The summed E-state index contributed by atoms with van der Waals surface area (Å²) in [6.07, 6.45) is 4.15. The Morgan fingerprint density at radius 1 is 0.556 bits per heavy atom. The molecule has 0 aliphatic heterocycles. The molecule has 0 unspecified atom stereocenters. The molecule has 0 saturated carbocycles. The van der Waals surface area contributed by atoms with Crippen LogP contribution >= 0.6 is 0 Å². The number of rotatable bonds is 5. The van der Waals surface area contributed by atoms with Gasteiger partial charge in [0.05, 0.1) is 16.8 Å². The lowest BCUT2D eigenvalue weighted by atomic mass is 9.91. The molecule has 0 saturated heterocycles. The minimum atomic E-state index is 0.225. The number of aryl methyl sites for hydroxylation is 1. The fraction of sp³-hybridized carbons (Fsp3) is 0.0244. The fourth-order valence-electron chi connectivity index (χ4n) is 6.07. The maximum Gasteiger partial charge on any atom is 0.115 e. The topological polar surface area (TPSA) is 71.0 Å². The van der Waals surface area contributed by atoms with Crippen LogP contribution in [0.25, 0.3) is 44.5 Å². The van der Waals surface area contributed by atoms with E-state index in [0.29, 0.717) is 11.1 Å². The molecule has 1 N–H and O–H groups in total. The Balaban J connectivity index is 1.27. The van der Waals surface area contributed by atoms with Crippen LogP contribution in [0.4, 0.5) is 17.1 Å². The van der Waals surface area contributed by atoms with Crippen molar-refractivity contribution < 1.29 is 5.11 Å². The number of aromatic hydroxyl groups is 1. The number of hydrogen-bond donors (Lipinski definition) is 1. The molecule has 7 aromatic rings. The lowest BCUT2D eigenvalue weighted by Crippen LogP contribution is -2.10. The van der Waals surface area contributed by atoms with Gasteiger partial charge in [-0.1, -0.05) is 96.6 Å². The van der Waals surface area contributed by atoms with E-state index in [0.717, 1.165) is 66.1 Å². The van der Waals surface area contributed by atoms with Crippen LogP contribution in [0.1, 0.15) is 27.8 Å². The number of nitrogens with zero attached hydrogens (tertiary/aromatic N) is 3. The zero-order chi connectivity index (χ0) is 30.9. The first-order valence-corrected chi connectivity index (χ1v) is 14.7. The molecule has 7 aromatic carbocycles. The number of fused-ring (bicyclic) bond motifs is 4. The Bertz CT molecular complexity index is 2350. The van der Waals surface area contributed by atoms with Gasteiger partial charge in [-0.05, 0) is 82.7 Å². The van der Waals surface area contributed by atoms with Crippen molar-refractivity contribution in [2.75, 3.05) is 4.90 Å². The van der Waals surface area contributed by atoms with E-state index in [1.54, 1.807) is 12.1 Å². The van der Waals surface area contributed by atoms with E-state index < -0.39 is 0 Å². The van der Waals surface area contributed by atoms with Gasteiger partial charge in [0.25, 0.3) is 0 Å². The summed E-state index contributed by atoms with van der Waals surface area (Å²) in [5.74, 6) is 0.225. The quantitative estimate of drug-likeness (QED) is 0.163. The zero-order valence-electron chi connectivity index (χ0n) is 24.6. The van der Waals surface area contributed by atoms with E-state index in [9.17, 15) is 15.6 Å². The molecule has 0 bridgehead atoms. The predicted octanol–water partition coefficient (Wildman–Crippen LogP) is 10.5. The summed E-state index contributed by atoms with van der Waals surface area (Å²) >= 11 is 0. The molecule has 4 nitrogen and oxygen atoms in total. The van der Waals surface area contributed by atoms with Gasteiger partial charge in [-0.3, -0.25) is 0 Å². The molecule has 212 valence electrons. The van der Waals surface area contributed by atoms with E-state index in [1.165, 1.54) is 0 Å². The summed E-state index contributed by atoms with van der Waals surface area (Å²) in [6, 6.07) is 46.8. The van der Waals surface area contributed by atoms with Gasteiger partial charge < -0.3 is 10.0 Å². The number of hydrogen-bond acceptors (Lipinski definition) is 4. The molecule has 0 radical (unpaired) electrons. The van der Waals surface area contributed by atoms with Crippen LogP contribution in [0.5, 0.6) is 5.75 Å². The SMILES string of the molecule is Cc1ccc2c(C#N)c(C#N)c3ccc(/C=C/c4ccc(N(c5ccc(O)cc5)c5cccc6ccccc56)cc4)cc3c2c1. The van der Waals surface area contributed by atoms with Gasteiger partial charge in [0, 0.05) is 27.5 Å². The first-order chi connectivity index (χ1) is 22.0. The van der Waals surface area contributed by atoms with Gasteiger partial charge in [-0.25, -0.2) is 0 Å². The van der Waals surface area contributed by atoms with E-state index in [1.807, 2.05) is 49.4 Å². The summed E-state index contributed by atoms with van der Waals surface area (Å²) in [4.78, 5) is 2.20. The van der Waals surface area contributed by atoms with Crippen LogP contribution in [-0.4, -0.2) is 5.11 Å². The van der Waals surface area contributed by atoms with Crippen molar-refractivity contribution in [3.8, 4) is 17.9 Å². The molecular weight excluding hydrogens is 550 g/mol. The minimum Gasteiger partial charge on any atom is -0.508 e. The molecule has 0 aliphatic rings. The summed E-state index contributed by atoms with van der Waals surface area (Å²) in [7, 11) is 0. The first-order valence-electron chi connectivity index (χ1n) is 14.7. The van der Waals surface area contributed by atoms with Crippen LogP contribution in [0.15, 0.2) is 127 Å². The van der Waals surface area contributed by atoms with E-state index in [4.69, 9.17) is 0 Å². The van der Waals surface area contributed by atoms with E-state index in [-0.39, 0.29) is 5.75 Å². The fourth-order valence-corrected chi connectivity index (χ4v) is 6.07. The van der Waals surface area contributed by atoms with Gasteiger partial charge in [0.1, 0.15) is 17.9 Å². The van der Waals surface area contributed by atoms with Gasteiger partial charge in [0.2, 0.25) is 0 Å². The van der Waals surface area contributed by atoms with Crippen LogP contribution < -0.4 is 4.90 Å². The Labute approximate surface area is 261 Å². The average Bonchev–Trinajstić information content (AvgIpc) is 3.08. The monoisotopic (exact) mass is 577 g/mol. The normalized spacial score (nSPS) is 11.2. The molecule has 0 aliphatic carbocycles. The number of benzene rings is 7. The third-order valence-corrected chi connectivity index (χ3v) is 8.26. The molecule has 0 aromatic heterocycles. The van der Waals surface area contributed by atoms with Crippen molar-refractivity contribution >= 4 is 61.5 Å². The van der Waals surface area contributed by atoms with E-state index in [2.05, 4.69) is 102 Å². The van der Waals surface area contributed by atoms with Gasteiger partial charge in [-0.2, -0.15) is 10.5 Å². The maximum absolute atomic E-state index is 9.96. The second-order valence-corrected chi connectivity index (χ2v) is 11.1. The predicted molar refractivity (Wildman–Crippen MR) is 185 cm³/mol. The molecule has 0 spiro atoms. The third-order valence-electron chi connectivity index (χ3n) is 8.26. The Hall–Kier alpha value is -6.36. The van der Waals surface area contributed by atoms with Crippen molar-refractivity contribution in [3.05, 3.63) is 155 Å². The van der Waals surface area contributed by atoms with Crippen LogP contribution in [-0.2, 0) is 0 Å². The van der Waals surface area contributed by atoms with Crippen LogP contribution in [0, 0.1) is 29.6 Å². The Kier molecular flexibility index (Phi) is 6.95. The lowest BCUT2D eigenvalue weighted by molar-refractivity contribution is 0.475. The largest absolute Gasteiger partial charge is 0.508 e. The smallest absolute Gasteiger partial charge is 0.115 e. The van der Waals surface area contributed by atoms with Crippen LogP contribution in [0.2, 0.25) is 0 Å². The zero-order valence-corrected chi connectivity index (χ0v) is 24.6. The highest BCUT2D eigenvalue weighted by Crippen LogP contribution is 2.39. The van der Waals surface area contributed by atoms with E-state index >= 15 is 0 Å². The third kappa shape index (κ3) is 5.01. The number of phenolic OH excluding ortho intramolecular Hbond substituents is 1. The van der Waals surface area contributed by atoms with Gasteiger partial charge in [0.15, 0.2) is 0 Å². The highest BCUT2D eigenvalue weighted by Gasteiger charge is 2.16. The second-order valence-electron chi connectivity index (χ2n) is 11.1.